The fourth-order valence-corrected chi connectivity index (χ4v) is 4.72. The van der Waals surface area contributed by atoms with Gasteiger partial charge in [-0.15, -0.1) is 23.7 Å². The minimum atomic E-state index is -3.56. The van der Waals surface area contributed by atoms with E-state index in [2.05, 4.69) is 4.74 Å². The molecule has 0 radical (unpaired) electrons. The van der Waals surface area contributed by atoms with Crippen LogP contribution in [0.3, 0.4) is 0 Å². The van der Waals surface area contributed by atoms with Gasteiger partial charge in [0.05, 0.1) is 12.0 Å². The number of carbonyl (C=O) groups excluding carboxylic acids is 1. The quantitative estimate of drug-likeness (QED) is 0.831. The molecule has 1 saturated heterocycles. The Bertz CT molecular complexity index is 573. The molecule has 1 fully saturated rings. The molecule has 0 aromatic carbocycles. The van der Waals surface area contributed by atoms with E-state index in [1.807, 2.05) is 0 Å². The largest absolute Gasteiger partial charge is 0.465 e. The second-order valence-corrected chi connectivity index (χ2v) is 7.25. The van der Waals surface area contributed by atoms with Gasteiger partial charge in [-0.1, -0.05) is 0 Å². The summed E-state index contributed by atoms with van der Waals surface area (Å²) in [6.45, 7) is 0.797. The molecule has 0 aliphatic carbocycles. The number of sulfonamides is 1. The second-order valence-electron chi connectivity index (χ2n) is 4.40. The summed E-state index contributed by atoms with van der Waals surface area (Å²) in [5.74, 6) is -0.526. The highest BCUT2D eigenvalue weighted by molar-refractivity contribution is 7.89. The molecule has 0 saturated carbocycles. The van der Waals surface area contributed by atoms with Crippen LogP contribution in [0.15, 0.2) is 16.3 Å². The monoisotopic (exact) mass is 340 g/mol. The zero-order chi connectivity index (χ0) is 14.0. The molecule has 1 unspecified atom stereocenters. The topological polar surface area (TPSA) is 89.7 Å². The van der Waals surface area contributed by atoms with Crippen LogP contribution in [0.4, 0.5) is 0 Å². The van der Waals surface area contributed by atoms with Crippen LogP contribution in [0.2, 0.25) is 0 Å². The number of piperidine rings is 1. The highest BCUT2D eigenvalue weighted by Gasteiger charge is 2.30. The van der Waals surface area contributed by atoms with Crippen LogP contribution >= 0.6 is 23.7 Å². The van der Waals surface area contributed by atoms with Crippen molar-refractivity contribution in [1.29, 1.82) is 0 Å². The van der Waals surface area contributed by atoms with Crippen LogP contribution in [-0.2, 0) is 14.8 Å². The van der Waals surface area contributed by atoms with E-state index in [1.54, 1.807) is 0 Å². The highest BCUT2D eigenvalue weighted by atomic mass is 35.5. The Morgan fingerprint density at radius 1 is 1.55 bits per heavy atom. The highest BCUT2D eigenvalue weighted by Crippen LogP contribution is 2.25. The average Bonchev–Trinajstić information content (AvgIpc) is 2.88. The minimum Gasteiger partial charge on any atom is -0.465 e. The van der Waals surface area contributed by atoms with Crippen molar-refractivity contribution in [2.24, 2.45) is 5.73 Å². The maximum absolute atomic E-state index is 12.4. The van der Waals surface area contributed by atoms with Gasteiger partial charge in [0.2, 0.25) is 10.0 Å². The van der Waals surface area contributed by atoms with Gasteiger partial charge in [0.25, 0.3) is 0 Å². The third kappa shape index (κ3) is 3.50. The average molecular weight is 341 g/mol. The zero-order valence-corrected chi connectivity index (χ0v) is 13.4. The van der Waals surface area contributed by atoms with Gasteiger partial charge < -0.3 is 10.5 Å². The van der Waals surface area contributed by atoms with Crippen molar-refractivity contribution in [2.45, 2.75) is 23.8 Å². The van der Waals surface area contributed by atoms with Crippen LogP contribution < -0.4 is 5.73 Å². The Balaban J connectivity index is 0.00000200. The maximum atomic E-state index is 12.4. The molecule has 20 heavy (non-hydrogen) atoms. The zero-order valence-electron chi connectivity index (χ0n) is 10.9. The van der Waals surface area contributed by atoms with Crippen LogP contribution in [0.5, 0.6) is 0 Å². The molecule has 2 rings (SSSR count). The number of rotatable bonds is 3. The van der Waals surface area contributed by atoms with Crippen molar-refractivity contribution in [3.63, 3.8) is 0 Å². The molecule has 1 aliphatic heterocycles. The molecule has 1 atom stereocenters. The van der Waals surface area contributed by atoms with Gasteiger partial charge in [-0.25, -0.2) is 13.2 Å². The Morgan fingerprint density at radius 2 is 2.25 bits per heavy atom. The summed E-state index contributed by atoms with van der Waals surface area (Å²) in [7, 11) is -2.30. The first-order chi connectivity index (χ1) is 8.95. The van der Waals surface area contributed by atoms with E-state index in [4.69, 9.17) is 5.73 Å². The molecule has 1 aliphatic rings. The van der Waals surface area contributed by atoms with Gasteiger partial charge in [0, 0.05) is 24.5 Å². The van der Waals surface area contributed by atoms with E-state index in [0.29, 0.717) is 13.1 Å². The fraction of sp³-hybridized carbons (Fsp3) is 0.545. The second kappa shape index (κ2) is 6.86. The molecule has 114 valence electrons. The molecular formula is C11H17ClN2O4S2. The molecule has 0 amide bonds. The van der Waals surface area contributed by atoms with E-state index in [1.165, 1.54) is 22.9 Å². The van der Waals surface area contributed by atoms with Gasteiger partial charge >= 0.3 is 5.97 Å². The van der Waals surface area contributed by atoms with Crippen LogP contribution in [0.25, 0.3) is 0 Å². The minimum absolute atomic E-state index is 0. The normalized spacial score (nSPS) is 20.2. The number of ether oxygens (including phenoxy) is 1. The standard InChI is InChI=1S/C11H16N2O4S2.ClH/c1-17-11(14)10-5-9(7-18-10)19(15,16)13-4-2-3-8(12)6-13;/h5,7-8H,2-4,6,12H2,1H3;1H. The third-order valence-corrected chi connectivity index (χ3v) is 5.92. The number of nitrogens with two attached hydrogens (primary N) is 1. The van der Waals surface area contributed by atoms with Crippen LogP contribution in [-0.4, -0.2) is 44.9 Å². The van der Waals surface area contributed by atoms with Crippen LogP contribution in [0.1, 0.15) is 22.5 Å². The van der Waals surface area contributed by atoms with E-state index >= 15 is 0 Å². The first kappa shape index (κ1) is 17.4. The summed E-state index contributed by atoms with van der Waals surface area (Å²) in [5.41, 5.74) is 5.80. The summed E-state index contributed by atoms with van der Waals surface area (Å²) in [4.78, 5) is 11.8. The summed E-state index contributed by atoms with van der Waals surface area (Å²) in [6, 6.07) is 1.23. The predicted molar refractivity (Wildman–Crippen MR) is 78.9 cm³/mol. The van der Waals surface area contributed by atoms with E-state index in [9.17, 15) is 13.2 Å². The Labute approximate surface area is 128 Å². The van der Waals surface area contributed by atoms with E-state index in [-0.39, 0.29) is 28.2 Å². The number of esters is 1. The smallest absolute Gasteiger partial charge is 0.348 e. The number of carbonyl (C=O) groups is 1. The van der Waals surface area contributed by atoms with Gasteiger partial charge in [0.1, 0.15) is 4.88 Å². The van der Waals surface area contributed by atoms with Crippen molar-refractivity contribution in [2.75, 3.05) is 20.2 Å². The lowest BCUT2D eigenvalue weighted by atomic mass is 10.1. The molecule has 2 N–H and O–H groups in total. The Hall–Kier alpha value is -0.670. The number of thiophene rings is 1. The molecule has 2 heterocycles. The van der Waals surface area contributed by atoms with Gasteiger partial charge in [-0.05, 0) is 18.9 Å². The van der Waals surface area contributed by atoms with Crippen LogP contribution in [0, 0.1) is 0 Å². The van der Waals surface area contributed by atoms with E-state index in [0.717, 1.165) is 24.2 Å². The number of halogens is 1. The number of hydrogen-bond acceptors (Lipinski definition) is 6. The first-order valence-corrected chi connectivity index (χ1v) is 8.19. The fourth-order valence-electron chi connectivity index (χ4n) is 2.00. The van der Waals surface area contributed by atoms with Crippen molar-refractivity contribution < 1.29 is 17.9 Å². The lowest BCUT2D eigenvalue weighted by Crippen LogP contribution is -2.45. The molecule has 0 spiro atoms. The van der Waals surface area contributed by atoms with Gasteiger partial charge in [-0.2, -0.15) is 4.31 Å². The van der Waals surface area contributed by atoms with Crippen molar-refractivity contribution in [1.82, 2.24) is 4.31 Å². The number of methoxy groups -OCH3 is 1. The summed E-state index contributed by atoms with van der Waals surface area (Å²) >= 11 is 1.06. The summed E-state index contributed by atoms with van der Waals surface area (Å²) < 4.78 is 30.7. The molecular weight excluding hydrogens is 324 g/mol. The third-order valence-electron chi connectivity index (χ3n) is 3.02. The lowest BCUT2D eigenvalue weighted by Gasteiger charge is -2.29. The van der Waals surface area contributed by atoms with Crippen molar-refractivity contribution in [3.8, 4) is 0 Å². The van der Waals surface area contributed by atoms with E-state index < -0.39 is 16.0 Å². The summed E-state index contributed by atoms with van der Waals surface area (Å²) in [6.07, 6.45) is 1.59. The summed E-state index contributed by atoms with van der Waals surface area (Å²) in [5, 5.41) is 1.46. The molecule has 1 aromatic rings. The molecule has 1 aromatic heterocycles. The first-order valence-electron chi connectivity index (χ1n) is 5.87. The molecule has 6 nitrogen and oxygen atoms in total. The van der Waals surface area contributed by atoms with Crippen molar-refractivity contribution in [3.05, 3.63) is 16.3 Å². The van der Waals surface area contributed by atoms with Gasteiger partial charge in [0.15, 0.2) is 0 Å². The number of hydrogen-bond donors (Lipinski definition) is 1. The number of nitrogens with zero attached hydrogens (tertiary/aromatic N) is 1. The Morgan fingerprint density at radius 3 is 2.85 bits per heavy atom. The Kier molecular flexibility index (Phi) is 5.96. The molecule has 9 heteroatoms. The van der Waals surface area contributed by atoms with Gasteiger partial charge in [-0.3, -0.25) is 0 Å². The van der Waals surface area contributed by atoms with Crippen molar-refractivity contribution >= 4 is 39.7 Å². The maximum Gasteiger partial charge on any atom is 0.348 e. The predicted octanol–water partition coefficient (Wildman–Crippen LogP) is 1.07. The molecule has 0 bridgehead atoms. The lowest BCUT2D eigenvalue weighted by molar-refractivity contribution is 0.0606. The SMILES string of the molecule is COC(=O)c1cc(S(=O)(=O)N2CCCC(N)C2)cs1.Cl.